The van der Waals surface area contributed by atoms with Gasteiger partial charge in [-0.15, -0.1) is 0 Å². The molecule has 2 rings (SSSR count). The van der Waals surface area contributed by atoms with E-state index in [0.717, 1.165) is 17.7 Å². The summed E-state index contributed by atoms with van der Waals surface area (Å²) in [5, 5.41) is 8.59. The number of benzene rings is 1. The molecule has 1 N–H and O–H groups in total. The van der Waals surface area contributed by atoms with Gasteiger partial charge in [-0.25, -0.2) is 0 Å². The number of hydrogen-bond donors (Lipinski definition) is 1. The summed E-state index contributed by atoms with van der Waals surface area (Å²) in [5.41, 5.74) is 3.35. The standard InChI is InChI=1S/C15H14N2O/c1-2-11-3-5-12(6-4-11)14-8-7-13(9-10-16)15(18)17-14/h3-8H,2,9H2,1H3,(H,17,18). The van der Waals surface area contributed by atoms with E-state index in [2.05, 4.69) is 24.0 Å². The lowest BCUT2D eigenvalue weighted by Crippen LogP contribution is -2.12. The number of nitrogens with one attached hydrogen (secondary N) is 1. The number of nitrogens with zero attached hydrogens (tertiary/aromatic N) is 1. The summed E-state index contributed by atoms with van der Waals surface area (Å²) in [6.45, 7) is 2.10. The van der Waals surface area contributed by atoms with Crippen LogP contribution in [0.1, 0.15) is 18.1 Å². The average molecular weight is 238 g/mol. The lowest BCUT2D eigenvalue weighted by atomic mass is 10.1. The Morgan fingerprint density at radius 3 is 2.44 bits per heavy atom. The minimum atomic E-state index is -0.186. The Balaban J connectivity index is 2.36. The molecular formula is C15H14N2O. The molecule has 3 nitrogen and oxygen atoms in total. The Morgan fingerprint density at radius 1 is 1.17 bits per heavy atom. The molecule has 18 heavy (non-hydrogen) atoms. The first kappa shape index (κ1) is 12.1. The van der Waals surface area contributed by atoms with E-state index in [1.807, 2.05) is 24.3 Å². The van der Waals surface area contributed by atoms with Crippen molar-refractivity contribution < 1.29 is 0 Å². The minimum absolute atomic E-state index is 0.143. The quantitative estimate of drug-likeness (QED) is 0.893. The van der Waals surface area contributed by atoms with Crippen LogP contribution in [0.25, 0.3) is 11.3 Å². The zero-order chi connectivity index (χ0) is 13.0. The summed E-state index contributed by atoms with van der Waals surface area (Å²) < 4.78 is 0. The Hall–Kier alpha value is -2.34. The fourth-order valence-electron chi connectivity index (χ4n) is 1.82. The van der Waals surface area contributed by atoms with Crippen molar-refractivity contribution in [1.29, 1.82) is 5.26 Å². The number of aromatic amines is 1. The molecule has 0 aliphatic carbocycles. The monoisotopic (exact) mass is 238 g/mol. The highest BCUT2D eigenvalue weighted by Gasteiger charge is 2.02. The van der Waals surface area contributed by atoms with E-state index in [0.29, 0.717) is 5.56 Å². The van der Waals surface area contributed by atoms with Crippen LogP contribution in [0.3, 0.4) is 0 Å². The third kappa shape index (κ3) is 2.49. The molecule has 2 aromatic rings. The number of rotatable bonds is 3. The number of nitriles is 1. The third-order valence-electron chi connectivity index (χ3n) is 2.93. The van der Waals surface area contributed by atoms with Crippen LogP contribution in [0.15, 0.2) is 41.2 Å². The van der Waals surface area contributed by atoms with Gasteiger partial charge >= 0.3 is 0 Å². The molecule has 0 saturated carbocycles. The van der Waals surface area contributed by atoms with Gasteiger partial charge in [0.2, 0.25) is 0 Å². The summed E-state index contributed by atoms with van der Waals surface area (Å²) in [6, 6.07) is 13.6. The molecule has 90 valence electrons. The van der Waals surface area contributed by atoms with Gasteiger partial charge in [-0.3, -0.25) is 4.79 Å². The molecule has 0 spiro atoms. The molecule has 0 aliphatic heterocycles. The minimum Gasteiger partial charge on any atom is -0.322 e. The Labute approximate surface area is 106 Å². The van der Waals surface area contributed by atoms with Crippen molar-refractivity contribution in [3.05, 3.63) is 57.9 Å². The largest absolute Gasteiger partial charge is 0.322 e. The second-order valence-corrected chi connectivity index (χ2v) is 4.11. The van der Waals surface area contributed by atoms with Crippen LogP contribution in [0.5, 0.6) is 0 Å². The molecule has 0 aliphatic rings. The van der Waals surface area contributed by atoms with Gasteiger partial charge in [0.05, 0.1) is 12.5 Å². The molecular weight excluding hydrogens is 224 g/mol. The van der Waals surface area contributed by atoms with Crippen LogP contribution in [-0.2, 0) is 12.8 Å². The normalized spacial score (nSPS) is 10.0. The van der Waals surface area contributed by atoms with Gasteiger partial charge < -0.3 is 4.98 Å². The van der Waals surface area contributed by atoms with Crippen molar-refractivity contribution in [2.24, 2.45) is 0 Å². The number of hydrogen-bond acceptors (Lipinski definition) is 2. The third-order valence-corrected chi connectivity index (χ3v) is 2.93. The summed E-state index contributed by atoms with van der Waals surface area (Å²) in [6.07, 6.45) is 1.14. The fraction of sp³-hybridized carbons (Fsp3) is 0.200. The Morgan fingerprint density at radius 2 is 1.89 bits per heavy atom. The average Bonchev–Trinajstić information content (AvgIpc) is 2.41. The molecule has 0 saturated heterocycles. The van der Waals surface area contributed by atoms with Crippen molar-refractivity contribution in [3.63, 3.8) is 0 Å². The van der Waals surface area contributed by atoms with E-state index < -0.39 is 0 Å². The van der Waals surface area contributed by atoms with Crippen molar-refractivity contribution in [2.75, 3.05) is 0 Å². The predicted octanol–water partition coefficient (Wildman–Crippen LogP) is 2.67. The molecule has 3 heteroatoms. The number of aryl methyl sites for hydroxylation is 1. The highest BCUT2D eigenvalue weighted by Crippen LogP contribution is 2.16. The van der Waals surface area contributed by atoms with Crippen LogP contribution >= 0.6 is 0 Å². The van der Waals surface area contributed by atoms with Gasteiger partial charge in [-0.2, -0.15) is 5.26 Å². The maximum Gasteiger partial charge on any atom is 0.252 e. The van der Waals surface area contributed by atoms with E-state index in [-0.39, 0.29) is 12.0 Å². The van der Waals surface area contributed by atoms with E-state index in [9.17, 15) is 4.79 Å². The van der Waals surface area contributed by atoms with Gasteiger partial charge in [0, 0.05) is 11.3 Å². The molecule has 0 radical (unpaired) electrons. The van der Waals surface area contributed by atoms with Crippen LogP contribution in [0.4, 0.5) is 0 Å². The van der Waals surface area contributed by atoms with E-state index in [4.69, 9.17) is 5.26 Å². The predicted molar refractivity (Wildman–Crippen MR) is 71.2 cm³/mol. The molecule has 0 atom stereocenters. The molecule has 1 aromatic heterocycles. The van der Waals surface area contributed by atoms with E-state index >= 15 is 0 Å². The highest BCUT2D eigenvalue weighted by atomic mass is 16.1. The van der Waals surface area contributed by atoms with E-state index in [1.54, 1.807) is 6.07 Å². The van der Waals surface area contributed by atoms with Crippen molar-refractivity contribution in [2.45, 2.75) is 19.8 Å². The molecule has 0 amide bonds. The second-order valence-electron chi connectivity index (χ2n) is 4.11. The first-order valence-electron chi connectivity index (χ1n) is 5.93. The van der Waals surface area contributed by atoms with Crippen molar-refractivity contribution in [1.82, 2.24) is 4.98 Å². The van der Waals surface area contributed by atoms with Gasteiger partial charge in [0.1, 0.15) is 0 Å². The lowest BCUT2D eigenvalue weighted by molar-refractivity contribution is 1.12. The van der Waals surface area contributed by atoms with Gasteiger partial charge in [0.15, 0.2) is 0 Å². The Kier molecular flexibility index (Phi) is 3.59. The maximum atomic E-state index is 11.7. The molecule has 0 unspecified atom stereocenters. The molecule has 0 bridgehead atoms. The topological polar surface area (TPSA) is 56.6 Å². The van der Waals surface area contributed by atoms with Gasteiger partial charge in [-0.05, 0) is 23.6 Å². The van der Waals surface area contributed by atoms with Gasteiger partial charge in [0.25, 0.3) is 5.56 Å². The zero-order valence-corrected chi connectivity index (χ0v) is 10.2. The smallest absolute Gasteiger partial charge is 0.252 e. The highest BCUT2D eigenvalue weighted by molar-refractivity contribution is 5.59. The lowest BCUT2D eigenvalue weighted by Gasteiger charge is -2.04. The summed E-state index contributed by atoms with van der Waals surface area (Å²) >= 11 is 0. The molecule has 1 heterocycles. The number of pyridine rings is 1. The summed E-state index contributed by atoms with van der Waals surface area (Å²) in [7, 11) is 0. The zero-order valence-electron chi connectivity index (χ0n) is 10.2. The van der Waals surface area contributed by atoms with Crippen LogP contribution in [0.2, 0.25) is 0 Å². The number of H-pyrrole nitrogens is 1. The second kappa shape index (κ2) is 5.33. The van der Waals surface area contributed by atoms with Gasteiger partial charge in [-0.1, -0.05) is 37.3 Å². The fourth-order valence-corrected chi connectivity index (χ4v) is 1.82. The van der Waals surface area contributed by atoms with Crippen LogP contribution < -0.4 is 5.56 Å². The number of aromatic nitrogens is 1. The van der Waals surface area contributed by atoms with Crippen LogP contribution in [0, 0.1) is 11.3 Å². The molecule has 0 fully saturated rings. The Bertz CT molecular complexity index is 633. The first-order chi connectivity index (χ1) is 8.74. The maximum absolute atomic E-state index is 11.7. The summed E-state index contributed by atoms with van der Waals surface area (Å²) in [4.78, 5) is 14.5. The van der Waals surface area contributed by atoms with Crippen molar-refractivity contribution >= 4 is 0 Å². The summed E-state index contributed by atoms with van der Waals surface area (Å²) in [5.74, 6) is 0. The molecule has 1 aromatic carbocycles. The van der Waals surface area contributed by atoms with E-state index in [1.165, 1.54) is 5.56 Å². The first-order valence-corrected chi connectivity index (χ1v) is 5.93. The van der Waals surface area contributed by atoms with Crippen molar-refractivity contribution in [3.8, 4) is 17.3 Å². The SMILES string of the molecule is CCc1ccc(-c2ccc(CC#N)c(=O)[nH]2)cc1. The van der Waals surface area contributed by atoms with Crippen LogP contribution in [-0.4, -0.2) is 4.98 Å².